The van der Waals surface area contributed by atoms with Gasteiger partial charge in [0.15, 0.2) is 0 Å². The average Bonchev–Trinajstić information content (AvgIpc) is 3.71. The Morgan fingerprint density at radius 1 is 0.972 bits per heavy atom. The summed E-state index contributed by atoms with van der Waals surface area (Å²) in [6.45, 7) is 4.84. The lowest BCUT2D eigenvalue weighted by Gasteiger charge is -2.51. The Bertz CT molecular complexity index is 1040. The van der Waals surface area contributed by atoms with Crippen molar-refractivity contribution in [1.29, 1.82) is 0 Å². The molecule has 0 spiro atoms. The van der Waals surface area contributed by atoms with E-state index < -0.39 is 5.41 Å². The molecular formula is C29H36Cl2N2O3. The molecule has 5 rings (SSSR count). The smallest absolute Gasteiger partial charge is 0.229 e. The van der Waals surface area contributed by atoms with Crippen molar-refractivity contribution in [2.45, 2.75) is 44.1 Å². The van der Waals surface area contributed by atoms with Crippen molar-refractivity contribution >= 4 is 29.1 Å². The maximum absolute atomic E-state index is 14.5. The minimum absolute atomic E-state index is 0.00000285. The van der Waals surface area contributed by atoms with Crippen LogP contribution in [0.3, 0.4) is 0 Å². The van der Waals surface area contributed by atoms with Gasteiger partial charge in [-0.2, -0.15) is 0 Å². The first kappa shape index (κ1) is 26.0. The van der Waals surface area contributed by atoms with E-state index in [1.807, 2.05) is 30.3 Å². The minimum atomic E-state index is -0.613. The average molecular weight is 532 g/mol. The van der Waals surface area contributed by atoms with Gasteiger partial charge in [0, 0.05) is 42.2 Å². The third-order valence-corrected chi connectivity index (χ3v) is 8.77. The summed E-state index contributed by atoms with van der Waals surface area (Å²) in [7, 11) is 0. The molecule has 3 aliphatic rings. The van der Waals surface area contributed by atoms with E-state index in [1.54, 1.807) is 0 Å². The number of hydrogen-bond acceptors (Lipinski definition) is 4. The number of hydrogen-bond donors (Lipinski definition) is 1. The summed E-state index contributed by atoms with van der Waals surface area (Å²) >= 11 is 12.7. The van der Waals surface area contributed by atoms with Gasteiger partial charge in [-0.25, -0.2) is 0 Å². The maximum Gasteiger partial charge on any atom is 0.229 e. The Hall–Kier alpha value is -1.63. The first-order valence-electron chi connectivity index (χ1n) is 13.2. The summed E-state index contributed by atoms with van der Waals surface area (Å²) in [4.78, 5) is 19.0. The van der Waals surface area contributed by atoms with Gasteiger partial charge in [0.2, 0.25) is 5.91 Å². The lowest BCUT2D eigenvalue weighted by atomic mass is 9.65. The van der Waals surface area contributed by atoms with E-state index in [9.17, 15) is 9.90 Å². The number of rotatable bonds is 9. The summed E-state index contributed by atoms with van der Waals surface area (Å²) in [6.07, 6.45) is 4.23. The quantitative estimate of drug-likeness (QED) is 0.461. The van der Waals surface area contributed by atoms with E-state index in [-0.39, 0.29) is 24.5 Å². The molecule has 5 nitrogen and oxygen atoms in total. The van der Waals surface area contributed by atoms with Crippen molar-refractivity contribution in [3.05, 3.63) is 69.7 Å². The molecule has 2 saturated heterocycles. The van der Waals surface area contributed by atoms with Crippen LogP contribution in [0.25, 0.3) is 0 Å². The van der Waals surface area contributed by atoms with Crippen LogP contribution in [-0.2, 0) is 9.53 Å². The Labute approximate surface area is 224 Å². The monoisotopic (exact) mass is 530 g/mol. The highest BCUT2D eigenvalue weighted by Crippen LogP contribution is 2.53. The molecule has 7 heteroatoms. The first-order valence-corrected chi connectivity index (χ1v) is 14.0. The third kappa shape index (κ3) is 5.76. The van der Waals surface area contributed by atoms with Gasteiger partial charge in [0.05, 0.1) is 24.7 Å². The first-order chi connectivity index (χ1) is 17.5. The van der Waals surface area contributed by atoms with E-state index in [2.05, 4.69) is 28.0 Å². The van der Waals surface area contributed by atoms with Gasteiger partial charge in [-0.05, 0) is 80.0 Å². The zero-order chi connectivity index (χ0) is 25.1. The number of carbonyl (C=O) groups is 1. The number of likely N-dealkylation sites (tertiary alicyclic amines) is 1. The number of nitrogens with zero attached hydrogens (tertiary/aromatic N) is 2. The number of morpholine rings is 1. The lowest BCUT2D eigenvalue weighted by Crippen LogP contribution is -2.55. The fourth-order valence-corrected chi connectivity index (χ4v) is 6.43. The highest BCUT2D eigenvalue weighted by Gasteiger charge is 2.52. The molecule has 1 amide bonds. The molecule has 2 heterocycles. The van der Waals surface area contributed by atoms with Gasteiger partial charge in [0.1, 0.15) is 0 Å². The summed E-state index contributed by atoms with van der Waals surface area (Å²) in [6, 6.07) is 15.9. The van der Waals surface area contributed by atoms with Crippen LogP contribution in [0.1, 0.15) is 55.2 Å². The number of aliphatic hydroxyl groups is 1. The van der Waals surface area contributed by atoms with Crippen LogP contribution in [-0.4, -0.2) is 66.8 Å². The van der Waals surface area contributed by atoms with E-state index >= 15 is 0 Å². The van der Waals surface area contributed by atoms with Crippen molar-refractivity contribution in [1.82, 2.24) is 9.80 Å². The molecule has 194 valence electrons. The van der Waals surface area contributed by atoms with Crippen LogP contribution in [0.5, 0.6) is 0 Å². The molecular weight excluding hydrogens is 495 g/mol. The van der Waals surface area contributed by atoms with Crippen molar-refractivity contribution in [3.63, 3.8) is 0 Å². The molecule has 2 aromatic rings. The van der Waals surface area contributed by atoms with Crippen LogP contribution >= 0.6 is 23.2 Å². The van der Waals surface area contributed by atoms with Crippen LogP contribution in [0, 0.1) is 11.3 Å². The molecule has 2 unspecified atom stereocenters. The molecule has 36 heavy (non-hydrogen) atoms. The number of amides is 1. The van der Waals surface area contributed by atoms with Crippen molar-refractivity contribution in [2.24, 2.45) is 11.3 Å². The van der Waals surface area contributed by atoms with E-state index in [0.29, 0.717) is 28.8 Å². The van der Waals surface area contributed by atoms with E-state index in [0.717, 1.165) is 56.9 Å². The lowest BCUT2D eigenvalue weighted by molar-refractivity contribution is -0.155. The van der Waals surface area contributed by atoms with Crippen molar-refractivity contribution < 1.29 is 14.6 Å². The molecule has 0 bridgehead atoms. The van der Waals surface area contributed by atoms with E-state index in [4.69, 9.17) is 27.9 Å². The molecule has 2 aliphatic heterocycles. The van der Waals surface area contributed by atoms with Crippen molar-refractivity contribution in [2.75, 3.05) is 46.0 Å². The highest BCUT2D eigenvalue weighted by molar-refractivity contribution is 6.30. The molecule has 1 saturated carbocycles. The van der Waals surface area contributed by atoms with Gasteiger partial charge < -0.3 is 14.7 Å². The van der Waals surface area contributed by atoms with Gasteiger partial charge in [-0.3, -0.25) is 9.69 Å². The SMILES string of the molecule is O=C1N(CC2CC2)C(c2ccc(Cl)cc2)[C@@H](c2cccc(Cl)c2)CC1(CCO)CCN1CCOCC1. The Balaban J connectivity index is 1.55. The summed E-state index contributed by atoms with van der Waals surface area (Å²) in [5, 5.41) is 11.6. The van der Waals surface area contributed by atoms with Gasteiger partial charge in [-0.15, -0.1) is 0 Å². The largest absolute Gasteiger partial charge is 0.396 e. The number of carbonyl (C=O) groups excluding carboxylic acids is 1. The predicted molar refractivity (Wildman–Crippen MR) is 143 cm³/mol. The standard InChI is InChI=1S/C29H36Cl2N2O3/c30-24-8-6-22(7-9-24)27-26(23-2-1-3-25(31)18-23)19-29(11-15-34,10-12-32-13-16-36-17-14-32)28(35)33(27)20-21-4-5-21/h1-3,6-9,18,21,26-27,34H,4-5,10-17,19-20H2/t26-,27?,29?/m1/s1. The normalized spacial score (nSPS) is 27.4. The fraction of sp³-hybridized carbons (Fsp3) is 0.552. The highest BCUT2D eigenvalue weighted by atomic mass is 35.5. The Morgan fingerprint density at radius 2 is 1.72 bits per heavy atom. The van der Waals surface area contributed by atoms with Crippen molar-refractivity contribution in [3.8, 4) is 0 Å². The van der Waals surface area contributed by atoms with E-state index in [1.165, 1.54) is 12.8 Å². The second-order valence-electron chi connectivity index (χ2n) is 10.7. The molecule has 1 N–H and O–H groups in total. The Morgan fingerprint density at radius 3 is 2.39 bits per heavy atom. The van der Waals surface area contributed by atoms with Crippen LogP contribution in [0.15, 0.2) is 48.5 Å². The molecule has 3 fully saturated rings. The number of benzene rings is 2. The summed E-state index contributed by atoms with van der Waals surface area (Å²) in [5.74, 6) is 0.806. The molecule has 3 atom stereocenters. The number of halogens is 2. The molecule has 0 radical (unpaired) electrons. The summed E-state index contributed by atoms with van der Waals surface area (Å²) < 4.78 is 5.53. The third-order valence-electron chi connectivity index (χ3n) is 8.28. The second kappa shape index (κ2) is 11.4. The second-order valence-corrected chi connectivity index (χ2v) is 11.6. The van der Waals surface area contributed by atoms with Crippen LogP contribution in [0.2, 0.25) is 10.0 Å². The fourth-order valence-electron chi connectivity index (χ4n) is 6.11. The van der Waals surface area contributed by atoms with Gasteiger partial charge in [-0.1, -0.05) is 47.5 Å². The maximum atomic E-state index is 14.5. The number of piperidine rings is 1. The predicted octanol–water partition coefficient (Wildman–Crippen LogP) is 5.55. The van der Waals surface area contributed by atoms with Gasteiger partial charge in [0.25, 0.3) is 0 Å². The van der Waals surface area contributed by atoms with Crippen LogP contribution < -0.4 is 0 Å². The topological polar surface area (TPSA) is 53.0 Å². The Kier molecular flexibility index (Phi) is 8.24. The zero-order valence-electron chi connectivity index (χ0n) is 20.8. The number of aliphatic hydroxyl groups excluding tert-OH is 1. The molecule has 1 aliphatic carbocycles. The zero-order valence-corrected chi connectivity index (χ0v) is 22.3. The summed E-state index contributed by atoms with van der Waals surface area (Å²) in [5.41, 5.74) is 1.63. The molecule has 2 aromatic carbocycles. The van der Waals surface area contributed by atoms with Gasteiger partial charge >= 0.3 is 0 Å². The van der Waals surface area contributed by atoms with Crippen LogP contribution in [0.4, 0.5) is 0 Å². The minimum Gasteiger partial charge on any atom is -0.396 e. The number of ether oxygens (including phenoxy) is 1. The molecule has 0 aromatic heterocycles.